The van der Waals surface area contributed by atoms with Crippen LogP contribution in [0.2, 0.25) is 0 Å². The van der Waals surface area contributed by atoms with Crippen LogP contribution in [-0.4, -0.2) is 23.6 Å². The molecule has 0 bridgehead atoms. The van der Waals surface area contributed by atoms with Crippen LogP contribution in [0.5, 0.6) is 0 Å². The van der Waals surface area contributed by atoms with Crippen LogP contribution in [0.3, 0.4) is 0 Å². The minimum atomic E-state index is 0.866. The average Bonchev–Trinajstić information content (AvgIpc) is 2.53. The molecule has 0 spiro atoms. The number of hydrogen-bond acceptors (Lipinski definition) is 4. The summed E-state index contributed by atoms with van der Waals surface area (Å²) in [6.45, 7) is 1.87. The number of nitrogens with one attached hydrogen (secondary N) is 2. The van der Waals surface area contributed by atoms with Gasteiger partial charge >= 0.3 is 0 Å². The van der Waals surface area contributed by atoms with E-state index < -0.39 is 0 Å². The largest absolute Gasteiger partial charge is 0.373 e. The van der Waals surface area contributed by atoms with Crippen molar-refractivity contribution in [2.75, 3.05) is 18.9 Å². The quantitative estimate of drug-likeness (QED) is 0.890. The van der Waals surface area contributed by atoms with Gasteiger partial charge in [0.2, 0.25) is 0 Å². The number of anilines is 1. The lowest BCUT2D eigenvalue weighted by Crippen LogP contribution is -2.26. The number of rotatable bonds is 4. The first-order valence-electron chi connectivity index (χ1n) is 7.18. The zero-order chi connectivity index (χ0) is 13.8. The van der Waals surface area contributed by atoms with Gasteiger partial charge in [0, 0.05) is 38.5 Å². The topological polar surface area (TPSA) is 49.8 Å². The molecule has 1 aromatic carbocycles. The molecule has 1 aliphatic rings. The summed E-state index contributed by atoms with van der Waals surface area (Å²) in [5.74, 6) is 1.92. The van der Waals surface area contributed by atoms with Gasteiger partial charge in [-0.1, -0.05) is 30.3 Å². The summed E-state index contributed by atoms with van der Waals surface area (Å²) in [5.41, 5.74) is 3.76. The van der Waals surface area contributed by atoms with Crippen LogP contribution in [0.15, 0.2) is 30.3 Å². The SMILES string of the molecule is CNc1nc(CCc2ccccc2)nc2c1CNCC2. The van der Waals surface area contributed by atoms with E-state index in [0.29, 0.717) is 0 Å². The van der Waals surface area contributed by atoms with Crippen molar-refractivity contribution >= 4 is 5.82 Å². The molecule has 0 amide bonds. The van der Waals surface area contributed by atoms with Crippen molar-refractivity contribution in [3.05, 3.63) is 53.0 Å². The van der Waals surface area contributed by atoms with Gasteiger partial charge < -0.3 is 10.6 Å². The van der Waals surface area contributed by atoms with E-state index in [4.69, 9.17) is 4.98 Å². The van der Waals surface area contributed by atoms with E-state index in [1.165, 1.54) is 16.8 Å². The summed E-state index contributed by atoms with van der Waals surface area (Å²) in [6.07, 6.45) is 2.87. The van der Waals surface area contributed by atoms with Crippen LogP contribution in [0.4, 0.5) is 5.82 Å². The molecule has 0 unspecified atom stereocenters. The highest BCUT2D eigenvalue weighted by molar-refractivity contribution is 5.47. The van der Waals surface area contributed by atoms with Gasteiger partial charge in [0.1, 0.15) is 11.6 Å². The molecule has 1 aromatic heterocycles. The molecule has 104 valence electrons. The molecule has 0 aliphatic carbocycles. The first-order valence-corrected chi connectivity index (χ1v) is 7.18. The first-order chi connectivity index (χ1) is 9.86. The van der Waals surface area contributed by atoms with E-state index >= 15 is 0 Å². The maximum Gasteiger partial charge on any atom is 0.134 e. The number of hydrogen-bond donors (Lipinski definition) is 2. The lowest BCUT2D eigenvalue weighted by Gasteiger charge is -2.19. The van der Waals surface area contributed by atoms with Crippen LogP contribution in [0, 0.1) is 0 Å². The summed E-state index contributed by atoms with van der Waals surface area (Å²) < 4.78 is 0. The van der Waals surface area contributed by atoms with E-state index in [2.05, 4.69) is 39.9 Å². The van der Waals surface area contributed by atoms with E-state index in [1.807, 2.05) is 13.1 Å². The molecule has 0 atom stereocenters. The number of fused-ring (bicyclic) bond motifs is 1. The lowest BCUT2D eigenvalue weighted by molar-refractivity contribution is 0.621. The Morgan fingerprint density at radius 1 is 1.15 bits per heavy atom. The van der Waals surface area contributed by atoms with Gasteiger partial charge in [0.05, 0.1) is 5.69 Å². The number of nitrogens with zero attached hydrogens (tertiary/aromatic N) is 2. The molecule has 0 fully saturated rings. The van der Waals surface area contributed by atoms with Crippen molar-refractivity contribution in [2.45, 2.75) is 25.8 Å². The van der Waals surface area contributed by atoms with Gasteiger partial charge in [-0.3, -0.25) is 0 Å². The Hall–Kier alpha value is -1.94. The second-order valence-electron chi connectivity index (χ2n) is 5.08. The predicted molar refractivity (Wildman–Crippen MR) is 80.8 cm³/mol. The maximum atomic E-state index is 4.75. The Kier molecular flexibility index (Phi) is 3.92. The van der Waals surface area contributed by atoms with E-state index in [9.17, 15) is 0 Å². The van der Waals surface area contributed by atoms with Crippen LogP contribution < -0.4 is 10.6 Å². The highest BCUT2D eigenvalue weighted by Crippen LogP contribution is 2.20. The molecule has 0 saturated carbocycles. The Labute approximate surface area is 119 Å². The Morgan fingerprint density at radius 2 is 2.00 bits per heavy atom. The van der Waals surface area contributed by atoms with E-state index in [0.717, 1.165) is 44.0 Å². The summed E-state index contributed by atoms with van der Waals surface area (Å²) in [6, 6.07) is 10.5. The Bertz CT molecular complexity index is 563. The van der Waals surface area contributed by atoms with Crippen LogP contribution >= 0.6 is 0 Å². The van der Waals surface area contributed by atoms with Crippen LogP contribution in [-0.2, 0) is 25.8 Å². The third-order valence-electron chi connectivity index (χ3n) is 3.70. The van der Waals surface area contributed by atoms with Crippen molar-refractivity contribution in [3.8, 4) is 0 Å². The normalized spacial score (nSPS) is 13.8. The van der Waals surface area contributed by atoms with Gasteiger partial charge in [0.25, 0.3) is 0 Å². The van der Waals surface area contributed by atoms with Gasteiger partial charge in [-0.15, -0.1) is 0 Å². The summed E-state index contributed by atoms with van der Waals surface area (Å²) >= 11 is 0. The molecule has 4 nitrogen and oxygen atoms in total. The molecule has 4 heteroatoms. The van der Waals surface area contributed by atoms with Crippen LogP contribution in [0.25, 0.3) is 0 Å². The zero-order valence-corrected chi connectivity index (χ0v) is 11.8. The van der Waals surface area contributed by atoms with Gasteiger partial charge in [-0.25, -0.2) is 9.97 Å². The summed E-state index contributed by atoms with van der Waals surface area (Å²) in [4.78, 5) is 9.40. The average molecular weight is 268 g/mol. The summed E-state index contributed by atoms with van der Waals surface area (Å²) in [5, 5.41) is 6.58. The minimum Gasteiger partial charge on any atom is -0.373 e. The number of benzene rings is 1. The van der Waals surface area contributed by atoms with Crippen molar-refractivity contribution < 1.29 is 0 Å². The number of aromatic nitrogens is 2. The third kappa shape index (κ3) is 2.80. The molecular formula is C16H20N4. The molecule has 20 heavy (non-hydrogen) atoms. The fraction of sp³-hybridized carbons (Fsp3) is 0.375. The van der Waals surface area contributed by atoms with Crippen molar-refractivity contribution in [2.24, 2.45) is 0 Å². The summed E-state index contributed by atoms with van der Waals surface area (Å²) in [7, 11) is 1.93. The van der Waals surface area contributed by atoms with Crippen LogP contribution in [0.1, 0.15) is 22.6 Å². The lowest BCUT2D eigenvalue weighted by atomic mass is 10.1. The smallest absolute Gasteiger partial charge is 0.134 e. The molecular weight excluding hydrogens is 248 g/mol. The second kappa shape index (κ2) is 6.01. The molecule has 0 saturated heterocycles. The molecule has 3 rings (SSSR count). The van der Waals surface area contributed by atoms with Crippen molar-refractivity contribution in [1.82, 2.24) is 15.3 Å². The van der Waals surface area contributed by atoms with E-state index in [1.54, 1.807) is 0 Å². The molecule has 2 N–H and O–H groups in total. The van der Waals surface area contributed by atoms with Gasteiger partial charge in [0.15, 0.2) is 0 Å². The number of aryl methyl sites for hydroxylation is 2. The molecule has 2 heterocycles. The third-order valence-corrected chi connectivity index (χ3v) is 3.70. The van der Waals surface area contributed by atoms with Crippen molar-refractivity contribution in [1.29, 1.82) is 0 Å². The maximum absolute atomic E-state index is 4.75. The fourth-order valence-corrected chi connectivity index (χ4v) is 2.61. The van der Waals surface area contributed by atoms with E-state index in [-0.39, 0.29) is 0 Å². The van der Waals surface area contributed by atoms with Gasteiger partial charge in [-0.2, -0.15) is 0 Å². The molecule has 1 aliphatic heterocycles. The fourth-order valence-electron chi connectivity index (χ4n) is 2.61. The molecule has 0 radical (unpaired) electrons. The first kappa shape index (κ1) is 13.1. The van der Waals surface area contributed by atoms with Crippen molar-refractivity contribution in [3.63, 3.8) is 0 Å². The predicted octanol–water partition coefficient (Wildman–Crippen LogP) is 1.95. The van der Waals surface area contributed by atoms with Gasteiger partial charge in [-0.05, 0) is 12.0 Å². The Balaban J connectivity index is 1.79. The second-order valence-corrected chi connectivity index (χ2v) is 5.08. The highest BCUT2D eigenvalue weighted by Gasteiger charge is 2.16. The highest BCUT2D eigenvalue weighted by atomic mass is 15.0. The monoisotopic (exact) mass is 268 g/mol. The standard InChI is InChI=1S/C16H20N4/c1-17-16-13-11-18-10-9-14(13)19-15(20-16)8-7-12-5-3-2-4-6-12/h2-6,18H,7-11H2,1H3,(H,17,19,20). The molecule has 2 aromatic rings. The Morgan fingerprint density at radius 3 is 2.80 bits per heavy atom. The minimum absolute atomic E-state index is 0.866. The zero-order valence-electron chi connectivity index (χ0n) is 11.8.